The van der Waals surface area contributed by atoms with E-state index in [2.05, 4.69) is 47.1 Å². The van der Waals surface area contributed by atoms with Crippen molar-refractivity contribution in [3.05, 3.63) is 29.8 Å². The summed E-state index contributed by atoms with van der Waals surface area (Å²) in [6.07, 6.45) is 9.70. The van der Waals surface area contributed by atoms with Crippen molar-refractivity contribution in [2.45, 2.75) is 97.1 Å². The van der Waals surface area contributed by atoms with E-state index in [0.717, 1.165) is 51.0 Å². The summed E-state index contributed by atoms with van der Waals surface area (Å²) in [5.74, 6) is 0. The number of carbonyl (C=O) groups excluding carboxylic acids is 2. The first kappa shape index (κ1) is 27.8. The van der Waals surface area contributed by atoms with Gasteiger partial charge in [-0.2, -0.15) is 0 Å². The lowest BCUT2D eigenvalue weighted by molar-refractivity contribution is 0.0528. The lowest BCUT2D eigenvalue weighted by Crippen LogP contribution is -2.47. The lowest BCUT2D eigenvalue weighted by Gasteiger charge is -2.33. The third-order valence-corrected chi connectivity index (χ3v) is 6.00. The number of benzene rings is 1. The fourth-order valence-corrected chi connectivity index (χ4v) is 4.07. The number of nitrogens with one attached hydrogen (secondary N) is 3. The first-order chi connectivity index (χ1) is 16.3. The standard InChI is InChI=1S/C27H46N4O3/c1-5-6-7-8-9-10-18-28-25(32)31-20-16-24(17-21-31)30-23-13-11-22(12-14-23)15-19-29-26(33)34-27(2,3)4/h11-14,24,30H,5-10,15-21H2,1-4H3,(H,28,32)(H,29,33). The van der Waals surface area contributed by atoms with Gasteiger partial charge in [0.15, 0.2) is 0 Å². The molecule has 0 bridgehead atoms. The fourth-order valence-electron chi connectivity index (χ4n) is 4.07. The Morgan fingerprint density at radius 1 is 0.941 bits per heavy atom. The van der Waals surface area contributed by atoms with E-state index < -0.39 is 5.60 Å². The number of amides is 3. The monoisotopic (exact) mass is 474 g/mol. The van der Waals surface area contributed by atoms with E-state index >= 15 is 0 Å². The van der Waals surface area contributed by atoms with E-state index in [1.165, 1.54) is 37.7 Å². The molecule has 3 amide bonds. The van der Waals surface area contributed by atoms with E-state index in [1.807, 2.05) is 25.7 Å². The highest BCUT2D eigenvalue weighted by molar-refractivity contribution is 5.74. The van der Waals surface area contributed by atoms with Crippen molar-refractivity contribution in [2.24, 2.45) is 0 Å². The maximum Gasteiger partial charge on any atom is 0.407 e. The van der Waals surface area contributed by atoms with Crippen LogP contribution in [0.1, 0.15) is 84.6 Å². The number of anilines is 1. The van der Waals surface area contributed by atoms with Crippen molar-refractivity contribution in [2.75, 3.05) is 31.5 Å². The van der Waals surface area contributed by atoms with Crippen LogP contribution in [0.5, 0.6) is 0 Å². The number of carbonyl (C=O) groups is 2. The lowest BCUT2D eigenvalue weighted by atomic mass is 10.0. The zero-order valence-electron chi connectivity index (χ0n) is 21.8. The van der Waals surface area contributed by atoms with Crippen LogP contribution in [0, 0.1) is 0 Å². The van der Waals surface area contributed by atoms with Crippen LogP contribution in [-0.4, -0.2) is 54.8 Å². The number of hydrogen-bond donors (Lipinski definition) is 3. The van der Waals surface area contributed by atoms with Gasteiger partial charge in [0.05, 0.1) is 0 Å². The van der Waals surface area contributed by atoms with Crippen LogP contribution >= 0.6 is 0 Å². The number of rotatable bonds is 12. The molecule has 0 unspecified atom stereocenters. The van der Waals surface area contributed by atoms with Gasteiger partial charge in [-0.25, -0.2) is 9.59 Å². The van der Waals surface area contributed by atoms with Gasteiger partial charge < -0.3 is 25.6 Å². The average molecular weight is 475 g/mol. The number of urea groups is 1. The Bertz CT molecular complexity index is 722. The zero-order chi connectivity index (χ0) is 24.8. The maximum absolute atomic E-state index is 12.4. The zero-order valence-corrected chi connectivity index (χ0v) is 21.8. The predicted molar refractivity (Wildman–Crippen MR) is 139 cm³/mol. The molecule has 0 radical (unpaired) electrons. The molecule has 2 rings (SSSR count). The van der Waals surface area contributed by atoms with Crippen LogP contribution in [0.2, 0.25) is 0 Å². The highest BCUT2D eigenvalue weighted by Crippen LogP contribution is 2.18. The van der Waals surface area contributed by atoms with E-state index in [0.29, 0.717) is 12.6 Å². The number of piperidine rings is 1. The molecule has 1 aromatic rings. The number of unbranched alkanes of at least 4 members (excludes halogenated alkanes) is 5. The van der Waals surface area contributed by atoms with Crippen LogP contribution in [0.4, 0.5) is 15.3 Å². The highest BCUT2D eigenvalue weighted by atomic mass is 16.6. The molecule has 1 aliphatic rings. The summed E-state index contributed by atoms with van der Waals surface area (Å²) in [4.78, 5) is 26.1. The highest BCUT2D eigenvalue weighted by Gasteiger charge is 2.22. The van der Waals surface area contributed by atoms with Crippen LogP contribution in [-0.2, 0) is 11.2 Å². The van der Waals surface area contributed by atoms with Crippen molar-refractivity contribution in [3.8, 4) is 0 Å². The molecule has 7 nitrogen and oxygen atoms in total. The minimum atomic E-state index is -0.481. The fraction of sp³-hybridized carbons (Fsp3) is 0.704. The second-order valence-electron chi connectivity index (χ2n) is 10.3. The normalized spacial score (nSPS) is 14.5. The van der Waals surface area contributed by atoms with Crippen molar-refractivity contribution in [1.29, 1.82) is 0 Å². The van der Waals surface area contributed by atoms with Gasteiger partial charge in [-0.1, -0.05) is 51.2 Å². The van der Waals surface area contributed by atoms with Crippen molar-refractivity contribution in [3.63, 3.8) is 0 Å². The molecule has 0 spiro atoms. The molecule has 0 aromatic heterocycles. The van der Waals surface area contributed by atoms with Crippen molar-refractivity contribution >= 4 is 17.8 Å². The van der Waals surface area contributed by atoms with Crippen LogP contribution in [0.25, 0.3) is 0 Å². The van der Waals surface area contributed by atoms with Gasteiger partial charge in [-0.05, 0) is 64.2 Å². The third-order valence-electron chi connectivity index (χ3n) is 6.00. The van der Waals surface area contributed by atoms with Gasteiger partial charge in [0.2, 0.25) is 0 Å². The minimum absolute atomic E-state index is 0.0800. The SMILES string of the molecule is CCCCCCCCNC(=O)N1CCC(Nc2ccc(CCNC(=O)OC(C)(C)C)cc2)CC1. The Kier molecular flexibility index (Phi) is 12.1. The second-order valence-corrected chi connectivity index (χ2v) is 10.3. The predicted octanol–water partition coefficient (Wildman–Crippen LogP) is 5.70. The van der Waals surface area contributed by atoms with Gasteiger partial charge in [0, 0.05) is 37.9 Å². The Hall–Kier alpha value is -2.44. The molecule has 34 heavy (non-hydrogen) atoms. The minimum Gasteiger partial charge on any atom is -0.444 e. The summed E-state index contributed by atoms with van der Waals surface area (Å²) < 4.78 is 5.25. The molecule has 0 aliphatic carbocycles. The Morgan fingerprint density at radius 3 is 2.24 bits per heavy atom. The number of alkyl carbamates (subject to hydrolysis) is 1. The summed E-state index contributed by atoms with van der Waals surface area (Å²) in [5, 5.41) is 9.47. The molecule has 0 atom stereocenters. The summed E-state index contributed by atoms with van der Waals surface area (Å²) >= 11 is 0. The van der Waals surface area contributed by atoms with Crippen molar-refractivity contribution < 1.29 is 14.3 Å². The Labute approximate surface area is 206 Å². The molecular weight excluding hydrogens is 428 g/mol. The number of likely N-dealkylation sites (tertiary alicyclic amines) is 1. The summed E-state index contributed by atoms with van der Waals surface area (Å²) in [7, 11) is 0. The average Bonchev–Trinajstić information content (AvgIpc) is 2.79. The quantitative estimate of drug-likeness (QED) is 0.339. The van der Waals surface area contributed by atoms with E-state index in [-0.39, 0.29) is 12.1 Å². The molecule has 1 fully saturated rings. The number of nitrogens with zero attached hydrogens (tertiary/aromatic N) is 1. The van der Waals surface area contributed by atoms with Gasteiger partial charge in [-0.15, -0.1) is 0 Å². The van der Waals surface area contributed by atoms with Gasteiger partial charge in [-0.3, -0.25) is 0 Å². The first-order valence-electron chi connectivity index (χ1n) is 13.1. The van der Waals surface area contributed by atoms with Crippen LogP contribution in [0.3, 0.4) is 0 Å². The van der Waals surface area contributed by atoms with Crippen molar-refractivity contribution in [1.82, 2.24) is 15.5 Å². The summed E-state index contributed by atoms with van der Waals surface area (Å²) in [6, 6.07) is 8.80. The molecule has 1 aliphatic heterocycles. The second kappa shape index (κ2) is 14.7. The molecular formula is C27H46N4O3. The molecule has 192 valence electrons. The Morgan fingerprint density at radius 2 is 1.59 bits per heavy atom. The topological polar surface area (TPSA) is 82.7 Å². The number of hydrogen-bond acceptors (Lipinski definition) is 4. The molecule has 1 heterocycles. The summed E-state index contributed by atoms with van der Waals surface area (Å²) in [5.41, 5.74) is 1.78. The van der Waals surface area contributed by atoms with Crippen LogP contribution < -0.4 is 16.0 Å². The molecule has 1 saturated heterocycles. The molecule has 7 heteroatoms. The van der Waals surface area contributed by atoms with Gasteiger partial charge >= 0.3 is 12.1 Å². The van der Waals surface area contributed by atoms with Gasteiger partial charge in [0.25, 0.3) is 0 Å². The van der Waals surface area contributed by atoms with E-state index in [4.69, 9.17) is 4.74 Å². The number of ether oxygens (including phenoxy) is 1. The maximum atomic E-state index is 12.4. The molecule has 1 aromatic carbocycles. The largest absolute Gasteiger partial charge is 0.444 e. The van der Waals surface area contributed by atoms with Crippen LogP contribution in [0.15, 0.2) is 24.3 Å². The van der Waals surface area contributed by atoms with Gasteiger partial charge in [0.1, 0.15) is 5.60 Å². The van der Waals surface area contributed by atoms with E-state index in [1.54, 1.807) is 0 Å². The molecule has 0 saturated carbocycles. The molecule has 3 N–H and O–H groups in total. The smallest absolute Gasteiger partial charge is 0.407 e. The Balaban J connectivity index is 1.60. The van der Waals surface area contributed by atoms with E-state index in [9.17, 15) is 9.59 Å². The first-order valence-corrected chi connectivity index (χ1v) is 13.1. The summed E-state index contributed by atoms with van der Waals surface area (Å²) in [6.45, 7) is 10.7. The third kappa shape index (κ3) is 11.6.